The molecule has 12 heavy (non-hydrogen) atoms. The summed E-state index contributed by atoms with van der Waals surface area (Å²) in [5, 5.41) is 6.90. The summed E-state index contributed by atoms with van der Waals surface area (Å²) in [6.07, 6.45) is 2.71. The number of hydrogen-bond donors (Lipinski definition) is 1. The molecule has 0 radical (unpaired) electrons. The third-order valence-corrected chi connectivity index (χ3v) is 2.34. The number of carbonyl (C=O) groups excluding carboxylic acids is 1. The lowest BCUT2D eigenvalue weighted by Gasteiger charge is -2.35. The standard InChI is InChI=1S/C8H11N3O/c1-6-2-9-10-8(6)7-3-11(4-7)5-12/h2,5,7H,3-4H2,1H3,(H,9,10). The number of hydrogen-bond acceptors (Lipinski definition) is 2. The fourth-order valence-corrected chi connectivity index (χ4v) is 1.55. The molecular weight excluding hydrogens is 154 g/mol. The van der Waals surface area contributed by atoms with Crippen molar-refractivity contribution in [2.75, 3.05) is 13.1 Å². The van der Waals surface area contributed by atoms with Gasteiger partial charge < -0.3 is 4.90 Å². The van der Waals surface area contributed by atoms with Crippen LogP contribution in [0.25, 0.3) is 0 Å². The van der Waals surface area contributed by atoms with E-state index in [0.29, 0.717) is 5.92 Å². The zero-order valence-electron chi connectivity index (χ0n) is 6.95. The number of aryl methyl sites for hydroxylation is 1. The van der Waals surface area contributed by atoms with E-state index < -0.39 is 0 Å². The minimum atomic E-state index is 0.470. The van der Waals surface area contributed by atoms with Crippen LogP contribution in [0.2, 0.25) is 0 Å². The number of amides is 1. The van der Waals surface area contributed by atoms with Crippen LogP contribution in [-0.2, 0) is 4.79 Å². The van der Waals surface area contributed by atoms with E-state index in [9.17, 15) is 4.79 Å². The molecule has 64 valence electrons. The second-order valence-corrected chi connectivity index (χ2v) is 3.22. The number of nitrogens with one attached hydrogen (secondary N) is 1. The maximum Gasteiger partial charge on any atom is 0.209 e. The normalized spacial score (nSPS) is 17.6. The summed E-state index contributed by atoms with van der Waals surface area (Å²) in [5.41, 5.74) is 2.36. The second-order valence-electron chi connectivity index (χ2n) is 3.22. The molecule has 0 aliphatic carbocycles. The molecule has 2 rings (SSSR count). The van der Waals surface area contributed by atoms with Gasteiger partial charge in [-0.3, -0.25) is 9.89 Å². The van der Waals surface area contributed by atoms with Gasteiger partial charge in [-0.25, -0.2) is 0 Å². The molecule has 0 atom stereocenters. The van der Waals surface area contributed by atoms with Crippen molar-refractivity contribution in [2.45, 2.75) is 12.8 Å². The van der Waals surface area contributed by atoms with Gasteiger partial charge in [-0.15, -0.1) is 0 Å². The summed E-state index contributed by atoms with van der Waals surface area (Å²) in [7, 11) is 0. The highest BCUT2D eigenvalue weighted by molar-refractivity contribution is 5.50. The van der Waals surface area contributed by atoms with E-state index in [1.807, 2.05) is 13.1 Å². The van der Waals surface area contributed by atoms with E-state index in [-0.39, 0.29) is 0 Å². The van der Waals surface area contributed by atoms with Gasteiger partial charge in [0.15, 0.2) is 0 Å². The smallest absolute Gasteiger partial charge is 0.209 e. The SMILES string of the molecule is Cc1cn[nH]c1C1CN(C=O)C1. The summed E-state index contributed by atoms with van der Waals surface area (Å²) in [5.74, 6) is 0.470. The van der Waals surface area contributed by atoms with Crippen LogP contribution in [-0.4, -0.2) is 34.6 Å². The summed E-state index contributed by atoms with van der Waals surface area (Å²) >= 11 is 0. The van der Waals surface area contributed by atoms with Gasteiger partial charge in [0.1, 0.15) is 0 Å². The zero-order chi connectivity index (χ0) is 8.55. The van der Waals surface area contributed by atoms with Gasteiger partial charge >= 0.3 is 0 Å². The van der Waals surface area contributed by atoms with Crippen LogP contribution in [0.15, 0.2) is 6.20 Å². The average molecular weight is 165 g/mol. The van der Waals surface area contributed by atoms with Gasteiger partial charge in [0.2, 0.25) is 6.41 Å². The van der Waals surface area contributed by atoms with Crippen LogP contribution in [0, 0.1) is 6.92 Å². The maximum absolute atomic E-state index is 10.3. The van der Waals surface area contributed by atoms with Gasteiger partial charge in [0, 0.05) is 24.7 Å². The summed E-state index contributed by atoms with van der Waals surface area (Å²) < 4.78 is 0. The molecule has 2 heterocycles. The van der Waals surface area contributed by atoms with Crippen molar-refractivity contribution in [1.82, 2.24) is 15.1 Å². The Kier molecular flexibility index (Phi) is 1.60. The van der Waals surface area contributed by atoms with Gasteiger partial charge in [0.05, 0.1) is 6.20 Å². The molecule has 0 spiro atoms. The number of H-pyrrole nitrogens is 1. The van der Waals surface area contributed by atoms with Crippen LogP contribution in [0.1, 0.15) is 17.2 Å². The molecule has 1 fully saturated rings. The zero-order valence-corrected chi connectivity index (χ0v) is 6.95. The Bertz CT molecular complexity index is 288. The van der Waals surface area contributed by atoms with E-state index >= 15 is 0 Å². The first kappa shape index (κ1) is 7.34. The van der Waals surface area contributed by atoms with Crippen LogP contribution < -0.4 is 0 Å². The lowest BCUT2D eigenvalue weighted by atomic mass is 9.95. The van der Waals surface area contributed by atoms with Crippen molar-refractivity contribution >= 4 is 6.41 Å². The van der Waals surface area contributed by atoms with E-state index in [1.54, 1.807) is 4.90 Å². The molecule has 0 saturated carbocycles. The Morgan fingerprint density at radius 1 is 1.75 bits per heavy atom. The Morgan fingerprint density at radius 2 is 2.50 bits per heavy atom. The highest BCUT2D eigenvalue weighted by atomic mass is 16.1. The van der Waals surface area contributed by atoms with Gasteiger partial charge in [-0.2, -0.15) is 5.10 Å². The Hall–Kier alpha value is -1.32. The summed E-state index contributed by atoms with van der Waals surface area (Å²) in [6.45, 7) is 3.68. The third kappa shape index (κ3) is 0.995. The number of carbonyl (C=O) groups is 1. The first-order chi connectivity index (χ1) is 5.81. The minimum Gasteiger partial charge on any atom is -0.344 e. The van der Waals surface area contributed by atoms with Crippen molar-refractivity contribution in [3.63, 3.8) is 0 Å². The number of rotatable bonds is 2. The second kappa shape index (κ2) is 2.62. The van der Waals surface area contributed by atoms with Crippen LogP contribution in [0.3, 0.4) is 0 Å². The number of aromatic nitrogens is 2. The highest BCUT2D eigenvalue weighted by Crippen LogP contribution is 2.25. The predicted octanol–water partition coefficient (Wildman–Crippen LogP) is 0.274. The molecule has 1 amide bonds. The molecule has 1 saturated heterocycles. The molecule has 1 aliphatic rings. The first-order valence-electron chi connectivity index (χ1n) is 4.00. The lowest BCUT2D eigenvalue weighted by molar-refractivity contribution is -0.122. The molecule has 1 aromatic heterocycles. The van der Waals surface area contributed by atoms with Crippen molar-refractivity contribution < 1.29 is 4.79 Å². The molecule has 0 unspecified atom stereocenters. The molecule has 4 heteroatoms. The largest absolute Gasteiger partial charge is 0.344 e. The van der Waals surface area contributed by atoms with E-state index in [4.69, 9.17) is 0 Å². The van der Waals surface area contributed by atoms with Crippen molar-refractivity contribution in [2.24, 2.45) is 0 Å². The van der Waals surface area contributed by atoms with Crippen molar-refractivity contribution in [3.8, 4) is 0 Å². The monoisotopic (exact) mass is 165 g/mol. The molecule has 0 bridgehead atoms. The van der Waals surface area contributed by atoms with E-state index in [1.165, 1.54) is 11.3 Å². The Balaban J connectivity index is 2.05. The number of aromatic amines is 1. The summed E-state index contributed by atoms with van der Waals surface area (Å²) in [6, 6.07) is 0. The fourth-order valence-electron chi connectivity index (χ4n) is 1.55. The average Bonchev–Trinajstić information content (AvgIpc) is 2.35. The third-order valence-electron chi connectivity index (χ3n) is 2.34. The summed E-state index contributed by atoms with van der Waals surface area (Å²) in [4.78, 5) is 12.0. The minimum absolute atomic E-state index is 0.470. The molecule has 1 aliphatic heterocycles. The quantitative estimate of drug-likeness (QED) is 0.639. The van der Waals surface area contributed by atoms with E-state index in [2.05, 4.69) is 10.2 Å². The number of likely N-dealkylation sites (tertiary alicyclic amines) is 1. The predicted molar refractivity (Wildman–Crippen MR) is 43.7 cm³/mol. The van der Waals surface area contributed by atoms with Crippen LogP contribution in [0.4, 0.5) is 0 Å². The fraction of sp³-hybridized carbons (Fsp3) is 0.500. The first-order valence-corrected chi connectivity index (χ1v) is 4.00. The van der Waals surface area contributed by atoms with Gasteiger partial charge in [-0.05, 0) is 12.5 Å². The number of nitrogens with zero attached hydrogens (tertiary/aromatic N) is 2. The van der Waals surface area contributed by atoms with Gasteiger partial charge in [-0.1, -0.05) is 0 Å². The van der Waals surface area contributed by atoms with Gasteiger partial charge in [0.25, 0.3) is 0 Å². The maximum atomic E-state index is 10.3. The Labute approximate surface area is 70.6 Å². The molecule has 1 N–H and O–H groups in total. The topological polar surface area (TPSA) is 49.0 Å². The molecule has 4 nitrogen and oxygen atoms in total. The van der Waals surface area contributed by atoms with E-state index in [0.717, 1.165) is 19.5 Å². The van der Waals surface area contributed by atoms with Crippen molar-refractivity contribution in [3.05, 3.63) is 17.5 Å². The van der Waals surface area contributed by atoms with Crippen LogP contribution in [0.5, 0.6) is 0 Å². The lowest BCUT2D eigenvalue weighted by Crippen LogP contribution is -2.44. The Morgan fingerprint density at radius 3 is 3.00 bits per heavy atom. The highest BCUT2D eigenvalue weighted by Gasteiger charge is 2.28. The van der Waals surface area contributed by atoms with Crippen molar-refractivity contribution in [1.29, 1.82) is 0 Å². The molecule has 1 aromatic rings. The van der Waals surface area contributed by atoms with Crippen LogP contribution >= 0.6 is 0 Å². The molecule has 0 aromatic carbocycles. The molecular formula is C8H11N3O.